The van der Waals surface area contributed by atoms with E-state index in [1.807, 2.05) is 0 Å². The molecule has 64 valence electrons. The molecule has 1 aromatic carbocycles. The summed E-state index contributed by atoms with van der Waals surface area (Å²) in [4.78, 5) is 0. The number of benzene rings is 1. The van der Waals surface area contributed by atoms with E-state index in [0.717, 1.165) is 17.5 Å². The van der Waals surface area contributed by atoms with Crippen LogP contribution in [0.15, 0.2) is 12.1 Å². The number of hydrogen-bond acceptors (Lipinski definition) is 1. The molecule has 1 aromatic rings. The molecule has 0 bridgehead atoms. The standard InChI is InChI=1S/C9H9ClFN/c10-9-7-4-6(12)3-5(7)1-2-8(9)11/h1-2,6H,3-4,12H2. The van der Waals surface area contributed by atoms with Crippen molar-refractivity contribution in [2.45, 2.75) is 18.9 Å². The summed E-state index contributed by atoms with van der Waals surface area (Å²) in [6.45, 7) is 0. The van der Waals surface area contributed by atoms with Crippen molar-refractivity contribution < 1.29 is 4.39 Å². The van der Waals surface area contributed by atoms with Gasteiger partial charge in [0.15, 0.2) is 0 Å². The van der Waals surface area contributed by atoms with E-state index in [0.29, 0.717) is 6.42 Å². The maximum Gasteiger partial charge on any atom is 0.142 e. The molecule has 1 aliphatic rings. The highest BCUT2D eigenvalue weighted by atomic mass is 35.5. The first-order chi connectivity index (χ1) is 5.68. The highest BCUT2D eigenvalue weighted by molar-refractivity contribution is 6.31. The van der Waals surface area contributed by atoms with Gasteiger partial charge in [-0.2, -0.15) is 0 Å². The predicted octanol–water partition coefficient (Wildman–Crippen LogP) is 1.91. The Kier molecular flexibility index (Phi) is 1.81. The van der Waals surface area contributed by atoms with Crippen LogP contribution in [0.25, 0.3) is 0 Å². The molecule has 1 atom stereocenters. The second-order valence-electron chi connectivity index (χ2n) is 3.17. The molecule has 2 rings (SSSR count). The molecule has 1 nitrogen and oxygen atoms in total. The Morgan fingerprint density at radius 3 is 2.92 bits per heavy atom. The monoisotopic (exact) mass is 185 g/mol. The van der Waals surface area contributed by atoms with Gasteiger partial charge < -0.3 is 5.73 Å². The first kappa shape index (κ1) is 8.02. The van der Waals surface area contributed by atoms with Gasteiger partial charge in [0.2, 0.25) is 0 Å². The van der Waals surface area contributed by atoms with Gasteiger partial charge in [0.25, 0.3) is 0 Å². The minimum Gasteiger partial charge on any atom is -0.327 e. The summed E-state index contributed by atoms with van der Waals surface area (Å²) in [5, 5.41) is 0.250. The Morgan fingerprint density at radius 1 is 1.42 bits per heavy atom. The van der Waals surface area contributed by atoms with E-state index < -0.39 is 0 Å². The van der Waals surface area contributed by atoms with Gasteiger partial charge in [-0.3, -0.25) is 0 Å². The minimum atomic E-state index is -0.343. The second-order valence-corrected chi connectivity index (χ2v) is 3.55. The van der Waals surface area contributed by atoms with Crippen molar-refractivity contribution >= 4 is 11.6 Å². The van der Waals surface area contributed by atoms with Crippen LogP contribution in [0, 0.1) is 5.82 Å². The topological polar surface area (TPSA) is 26.0 Å². The zero-order chi connectivity index (χ0) is 8.72. The molecule has 0 saturated carbocycles. The minimum absolute atomic E-state index is 0.110. The van der Waals surface area contributed by atoms with Crippen LogP contribution in [0.4, 0.5) is 4.39 Å². The van der Waals surface area contributed by atoms with Crippen LogP contribution in [-0.4, -0.2) is 6.04 Å². The molecular weight excluding hydrogens is 177 g/mol. The van der Waals surface area contributed by atoms with Crippen LogP contribution in [0.1, 0.15) is 11.1 Å². The third-order valence-corrected chi connectivity index (χ3v) is 2.65. The highest BCUT2D eigenvalue weighted by Gasteiger charge is 2.21. The summed E-state index contributed by atoms with van der Waals surface area (Å²) < 4.78 is 12.9. The van der Waals surface area contributed by atoms with E-state index in [-0.39, 0.29) is 16.9 Å². The molecule has 0 saturated heterocycles. The molecule has 12 heavy (non-hydrogen) atoms. The van der Waals surface area contributed by atoms with Crippen LogP contribution < -0.4 is 5.73 Å². The predicted molar refractivity (Wildman–Crippen MR) is 46.8 cm³/mol. The lowest BCUT2D eigenvalue weighted by atomic mass is 10.1. The van der Waals surface area contributed by atoms with E-state index >= 15 is 0 Å². The van der Waals surface area contributed by atoms with E-state index in [1.165, 1.54) is 6.07 Å². The highest BCUT2D eigenvalue weighted by Crippen LogP contribution is 2.30. The number of hydrogen-bond donors (Lipinski definition) is 1. The summed E-state index contributed by atoms with van der Waals surface area (Å²) in [7, 11) is 0. The first-order valence-electron chi connectivity index (χ1n) is 3.90. The second kappa shape index (κ2) is 2.71. The zero-order valence-electron chi connectivity index (χ0n) is 6.48. The third-order valence-electron chi connectivity index (χ3n) is 2.24. The lowest BCUT2D eigenvalue weighted by Gasteiger charge is -2.01. The molecule has 0 aliphatic heterocycles. The van der Waals surface area contributed by atoms with E-state index in [1.54, 1.807) is 6.07 Å². The lowest BCUT2D eigenvalue weighted by Crippen LogP contribution is -2.19. The van der Waals surface area contributed by atoms with Crippen LogP contribution in [-0.2, 0) is 12.8 Å². The number of rotatable bonds is 0. The fraction of sp³-hybridized carbons (Fsp3) is 0.333. The van der Waals surface area contributed by atoms with Gasteiger partial charge in [-0.15, -0.1) is 0 Å². The molecule has 0 radical (unpaired) electrons. The number of nitrogens with two attached hydrogens (primary N) is 1. The number of fused-ring (bicyclic) bond motifs is 1. The molecule has 3 heteroatoms. The van der Waals surface area contributed by atoms with Crippen molar-refractivity contribution in [3.63, 3.8) is 0 Å². The van der Waals surface area contributed by atoms with Crippen molar-refractivity contribution in [1.82, 2.24) is 0 Å². The normalized spacial score (nSPS) is 21.1. The van der Waals surface area contributed by atoms with Crippen molar-refractivity contribution in [2.24, 2.45) is 5.73 Å². The van der Waals surface area contributed by atoms with Crippen molar-refractivity contribution in [1.29, 1.82) is 0 Å². The third kappa shape index (κ3) is 1.11. The van der Waals surface area contributed by atoms with Crippen LogP contribution in [0.3, 0.4) is 0 Å². The lowest BCUT2D eigenvalue weighted by molar-refractivity contribution is 0.626. The summed E-state index contributed by atoms with van der Waals surface area (Å²) in [6.07, 6.45) is 1.52. The van der Waals surface area contributed by atoms with E-state index in [9.17, 15) is 4.39 Å². The van der Waals surface area contributed by atoms with E-state index in [4.69, 9.17) is 17.3 Å². The fourth-order valence-electron chi connectivity index (χ4n) is 1.66. The average Bonchev–Trinajstić information content (AvgIpc) is 2.39. The Morgan fingerprint density at radius 2 is 2.17 bits per heavy atom. The van der Waals surface area contributed by atoms with Gasteiger partial charge in [-0.05, 0) is 30.0 Å². The Balaban J connectivity index is 2.54. The fourth-order valence-corrected chi connectivity index (χ4v) is 1.92. The maximum absolute atomic E-state index is 12.9. The van der Waals surface area contributed by atoms with Gasteiger partial charge in [-0.1, -0.05) is 17.7 Å². The van der Waals surface area contributed by atoms with Gasteiger partial charge in [0.05, 0.1) is 5.02 Å². The summed E-state index contributed by atoms with van der Waals surface area (Å²) in [5.41, 5.74) is 7.71. The first-order valence-corrected chi connectivity index (χ1v) is 4.27. The Bertz CT molecular complexity index is 325. The van der Waals surface area contributed by atoms with Gasteiger partial charge in [-0.25, -0.2) is 4.39 Å². The molecule has 0 heterocycles. The average molecular weight is 186 g/mol. The molecule has 0 fully saturated rings. The molecule has 0 amide bonds. The molecular formula is C9H9ClFN. The molecule has 2 N–H and O–H groups in total. The largest absolute Gasteiger partial charge is 0.327 e. The Labute approximate surface area is 75.3 Å². The van der Waals surface area contributed by atoms with Gasteiger partial charge in [0.1, 0.15) is 5.82 Å². The van der Waals surface area contributed by atoms with Crippen LogP contribution in [0.2, 0.25) is 5.02 Å². The SMILES string of the molecule is NC1Cc2ccc(F)c(Cl)c2C1. The van der Waals surface area contributed by atoms with Crippen molar-refractivity contribution in [2.75, 3.05) is 0 Å². The molecule has 1 aliphatic carbocycles. The smallest absolute Gasteiger partial charge is 0.142 e. The quantitative estimate of drug-likeness (QED) is 0.657. The van der Waals surface area contributed by atoms with Crippen LogP contribution in [0.5, 0.6) is 0 Å². The molecule has 0 spiro atoms. The van der Waals surface area contributed by atoms with Gasteiger partial charge >= 0.3 is 0 Å². The number of halogens is 2. The van der Waals surface area contributed by atoms with Crippen molar-refractivity contribution in [3.8, 4) is 0 Å². The van der Waals surface area contributed by atoms with E-state index in [2.05, 4.69) is 0 Å². The summed E-state index contributed by atoms with van der Waals surface area (Å²) in [5.74, 6) is -0.343. The van der Waals surface area contributed by atoms with Crippen molar-refractivity contribution in [3.05, 3.63) is 34.1 Å². The summed E-state index contributed by atoms with van der Waals surface area (Å²) >= 11 is 5.77. The van der Waals surface area contributed by atoms with Crippen LogP contribution >= 0.6 is 11.6 Å². The zero-order valence-corrected chi connectivity index (χ0v) is 7.24. The summed E-state index contributed by atoms with van der Waals surface area (Å²) in [6, 6.07) is 3.28. The molecule has 0 aromatic heterocycles. The van der Waals surface area contributed by atoms with Gasteiger partial charge in [0, 0.05) is 6.04 Å². The Hall–Kier alpha value is -0.600. The maximum atomic E-state index is 12.9. The molecule has 1 unspecified atom stereocenters.